The molecule has 0 spiro atoms. The number of carbonyl (C=O) groups is 2. The summed E-state index contributed by atoms with van der Waals surface area (Å²) in [5.41, 5.74) is 2.99. The zero-order valence-corrected chi connectivity index (χ0v) is 15.1. The van der Waals surface area contributed by atoms with Gasteiger partial charge in [0, 0.05) is 0 Å². The van der Waals surface area contributed by atoms with Crippen molar-refractivity contribution in [2.75, 3.05) is 18.5 Å². The van der Waals surface area contributed by atoms with E-state index in [1.165, 1.54) is 6.07 Å². The van der Waals surface area contributed by atoms with Gasteiger partial charge in [0.05, 0.1) is 22.9 Å². The zero-order valence-electron chi connectivity index (χ0n) is 14.4. The molecule has 0 saturated carbocycles. The third kappa shape index (κ3) is 5.22. The van der Waals surface area contributed by atoms with Crippen molar-refractivity contribution in [3.8, 4) is 5.75 Å². The lowest BCUT2D eigenvalue weighted by Crippen LogP contribution is -2.20. The average molecular weight is 362 g/mol. The number of esters is 1. The van der Waals surface area contributed by atoms with Gasteiger partial charge >= 0.3 is 5.97 Å². The Morgan fingerprint density at radius 3 is 2.48 bits per heavy atom. The smallest absolute Gasteiger partial charge is 0.338 e. The van der Waals surface area contributed by atoms with Crippen LogP contribution in [0, 0.1) is 13.8 Å². The minimum absolute atomic E-state index is 0.140. The number of amides is 1. The van der Waals surface area contributed by atoms with Crippen LogP contribution in [0.1, 0.15) is 28.4 Å². The van der Waals surface area contributed by atoms with Gasteiger partial charge < -0.3 is 14.8 Å². The molecule has 0 bridgehead atoms. The largest absolute Gasteiger partial charge is 0.484 e. The number of anilines is 1. The van der Waals surface area contributed by atoms with Crippen LogP contribution in [0.5, 0.6) is 5.75 Å². The molecule has 0 saturated heterocycles. The average Bonchev–Trinajstić information content (AvgIpc) is 2.58. The molecule has 0 aliphatic carbocycles. The molecule has 0 atom stereocenters. The second kappa shape index (κ2) is 8.53. The number of aryl methyl sites for hydroxylation is 2. The Kier molecular flexibility index (Phi) is 6.42. The van der Waals surface area contributed by atoms with Crippen molar-refractivity contribution >= 4 is 29.2 Å². The van der Waals surface area contributed by atoms with Gasteiger partial charge in [-0.15, -0.1) is 0 Å². The van der Waals surface area contributed by atoms with E-state index in [9.17, 15) is 9.59 Å². The summed E-state index contributed by atoms with van der Waals surface area (Å²) in [7, 11) is 0. The van der Waals surface area contributed by atoms with Gasteiger partial charge in [-0.3, -0.25) is 4.79 Å². The predicted molar refractivity (Wildman–Crippen MR) is 97.4 cm³/mol. The number of carbonyl (C=O) groups excluding carboxylic acids is 2. The van der Waals surface area contributed by atoms with Gasteiger partial charge in [-0.25, -0.2) is 4.79 Å². The van der Waals surface area contributed by atoms with Crippen molar-refractivity contribution in [1.82, 2.24) is 0 Å². The lowest BCUT2D eigenvalue weighted by atomic mass is 10.1. The minimum atomic E-state index is -0.458. The molecule has 5 nitrogen and oxygen atoms in total. The first kappa shape index (κ1) is 18.8. The van der Waals surface area contributed by atoms with E-state index in [1.54, 1.807) is 19.1 Å². The monoisotopic (exact) mass is 361 g/mol. The third-order valence-corrected chi connectivity index (χ3v) is 3.92. The second-order valence-corrected chi connectivity index (χ2v) is 5.91. The van der Waals surface area contributed by atoms with E-state index in [4.69, 9.17) is 21.1 Å². The number of hydrogen-bond acceptors (Lipinski definition) is 4. The van der Waals surface area contributed by atoms with Crippen LogP contribution in [0.4, 0.5) is 5.69 Å². The fourth-order valence-corrected chi connectivity index (χ4v) is 2.32. The molecule has 132 valence electrons. The second-order valence-electron chi connectivity index (χ2n) is 5.50. The molecule has 6 heteroatoms. The summed E-state index contributed by atoms with van der Waals surface area (Å²) in [5.74, 6) is -0.175. The number of halogens is 1. The molecule has 2 rings (SSSR count). The van der Waals surface area contributed by atoms with E-state index in [0.717, 1.165) is 11.1 Å². The highest BCUT2D eigenvalue weighted by Crippen LogP contribution is 2.23. The summed E-state index contributed by atoms with van der Waals surface area (Å²) >= 11 is 6.11. The maximum Gasteiger partial charge on any atom is 0.338 e. The van der Waals surface area contributed by atoms with Gasteiger partial charge in [0.15, 0.2) is 6.61 Å². The Hall–Kier alpha value is -2.53. The number of nitrogens with one attached hydrogen (secondary N) is 1. The summed E-state index contributed by atoms with van der Waals surface area (Å²) in [6, 6.07) is 10.2. The van der Waals surface area contributed by atoms with Crippen LogP contribution in [-0.2, 0) is 9.53 Å². The molecule has 0 aliphatic rings. The van der Waals surface area contributed by atoms with Crippen LogP contribution in [-0.4, -0.2) is 25.1 Å². The molecule has 0 heterocycles. The van der Waals surface area contributed by atoms with E-state index >= 15 is 0 Å². The summed E-state index contributed by atoms with van der Waals surface area (Å²) in [4.78, 5) is 23.7. The van der Waals surface area contributed by atoms with Gasteiger partial charge in [-0.05, 0) is 62.2 Å². The van der Waals surface area contributed by atoms with Crippen molar-refractivity contribution in [3.05, 3.63) is 58.1 Å². The summed E-state index contributed by atoms with van der Waals surface area (Å²) in [6.07, 6.45) is 0. The molecular formula is C19H20ClNO4. The van der Waals surface area contributed by atoms with Gasteiger partial charge in [-0.1, -0.05) is 17.7 Å². The van der Waals surface area contributed by atoms with Crippen molar-refractivity contribution < 1.29 is 19.1 Å². The molecular weight excluding hydrogens is 342 g/mol. The topological polar surface area (TPSA) is 64.6 Å². The van der Waals surface area contributed by atoms with Crippen LogP contribution >= 0.6 is 11.6 Å². The molecule has 0 aromatic heterocycles. The van der Waals surface area contributed by atoms with Crippen LogP contribution in [0.15, 0.2) is 36.4 Å². The van der Waals surface area contributed by atoms with E-state index in [1.807, 2.05) is 32.0 Å². The van der Waals surface area contributed by atoms with Crippen molar-refractivity contribution in [2.24, 2.45) is 0 Å². The Bertz CT molecular complexity index is 789. The third-order valence-electron chi connectivity index (χ3n) is 3.60. The van der Waals surface area contributed by atoms with Gasteiger partial charge in [0.1, 0.15) is 5.75 Å². The Morgan fingerprint density at radius 1 is 1.08 bits per heavy atom. The molecule has 1 amide bonds. The molecule has 2 aromatic rings. The molecule has 0 radical (unpaired) electrons. The van der Waals surface area contributed by atoms with Gasteiger partial charge in [0.25, 0.3) is 5.91 Å². The first-order valence-corrected chi connectivity index (χ1v) is 8.25. The molecule has 0 unspecified atom stereocenters. The van der Waals surface area contributed by atoms with E-state index in [0.29, 0.717) is 17.0 Å². The first-order valence-electron chi connectivity index (χ1n) is 7.87. The molecule has 25 heavy (non-hydrogen) atoms. The number of benzene rings is 2. The Morgan fingerprint density at radius 2 is 1.84 bits per heavy atom. The SMILES string of the molecule is CCOC(=O)c1ccc(NC(=O)COc2ccc(C)c(C)c2)c(Cl)c1. The van der Waals surface area contributed by atoms with Gasteiger partial charge in [-0.2, -0.15) is 0 Å². The normalized spacial score (nSPS) is 10.2. The Balaban J connectivity index is 1.95. The van der Waals surface area contributed by atoms with Crippen molar-refractivity contribution in [2.45, 2.75) is 20.8 Å². The number of ether oxygens (including phenoxy) is 2. The lowest BCUT2D eigenvalue weighted by molar-refractivity contribution is -0.118. The molecule has 2 aromatic carbocycles. The summed E-state index contributed by atoms with van der Waals surface area (Å²) < 4.78 is 10.4. The summed E-state index contributed by atoms with van der Waals surface area (Å²) in [5, 5.41) is 2.91. The van der Waals surface area contributed by atoms with E-state index < -0.39 is 5.97 Å². The maximum absolute atomic E-state index is 12.0. The van der Waals surface area contributed by atoms with Crippen LogP contribution in [0.2, 0.25) is 5.02 Å². The van der Waals surface area contributed by atoms with Gasteiger partial charge in [0.2, 0.25) is 0 Å². The van der Waals surface area contributed by atoms with Crippen molar-refractivity contribution in [3.63, 3.8) is 0 Å². The highest BCUT2D eigenvalue weighted by atomic mass is 35.5. The minimum Gasteiger partial charge on any atom is -0.484 e. The molecule has 0 fully saturated rings. The van der Waals surface area contributed by atoms with E-state index in [2.05, 4.69) is 5.32 Å². The highest BCUT2D eigenvalue weighted by Gasteiger charge is 2.12. The van der Waals surface area contributed by atoms with Crippen LogP contribution in [0.25, 0.3) is 0 Å². The number of rotatable bonds is 6. The molecule has 1 N–H and O–H groups in total. The fraction of sp³-hybridized carbons (Fsp3) is 0.263. The van der Waals surface area contributed by atoms with Crippen molar-refractivity contribution in [1.29, 1.82) is 0 Å². The fourth-order valence-electron chi connectivity index (χ4n) is 2.10. The standard InChI is InChI=1S/C19H20ClNO4/c1-4-24-19(23)14-6-8-17(16(20)10-14)21-18(22)11-25-15-7-5-12(2)13(3)9-15/h5-10H,4,11H2,1-3H3,(H,21,22). The Labute approximate surface area is 151 Å². The lowest BCUT2D eigenvalue weighted by Gasteiger charge is -2.11. The highest BCUT2D eigenvalue weighted by molar-refractivity contribution is 6.34. The van der Waals surface area contributed by atoms with E-state index in [-0.39, 0.29) is 24.1 Å². The quantitative estimate of drug-likeness (QED) is 0.785. The number of hydrogen-bond donors (Lipinski definition) is 1. The molecule has 0 aliphatic heterocycles. The predicted octanol–water partition coefficient (Wildman–Crippen LogP) is 4.15. The summed E-state index contributed by atoms with van der Waals surface area (Å²) in [6.45, 7) is 5.85. The first-order chi connectivity index (χ1) is 11.9. The zero-order chi connectivity index (χ0) is 18.4. The van der Waals surface area contributed by atoms with Crippen LogP contribution < -0.4 is 10.1 Å². The maximum atomic E-state index is 12.0. The van der Waals surface area contributed by atoms with Crippen LogP contribution in [0.3, 0.4) is 0 Å².